The van der Waals surface area contributed by atoms with Crippen LogP contribution in [0.15, 0.2) is 34.9 Å². The largest absolute Gasteiger partial charge is 0.294 e. The lowest BCUT2D eigenvalue weighted by molar-refractivity contribution is -0.115. The van der Waals surface area contributed by atoms with Crippen molar-refractivity contribution in [1.82, 2.24) is 0 Å². The van der Waals surface area contributed by atoms with E-state index in [0.29, 0.717) is 17.9 Å². The van der Waals surface area contributed by atoms with Gasteiger partial charge in [-0.3, -0.25) is 14.5 Å². The first-order valence-electron chi connectivity index (χ1n) is 6.14. The number of thioether (sulfide) groups is 1. The Morgan fingerprint density at radius 1 is 1.11 bits per heavy atom. The van der Waals surface area contributed by atoms with Gasteiger partial charge in [-0.2, -0.15) is 0 Å². The highest BCUT2D eigenvalue weighted by Gasteiger charge is 2.33. The molecule has 1 amide bonds. The van der Waals surface area contributed by atoms with Crippen LogP contribution in [0.25, 0.3) is 0 Å². The second kappa shape index (κ2) is 4.81. The molecule has 0 aromatic heterocycles. The average molecular weight is 277 g/mol. The monoisotopic (exact) mass is 277 g/mol. The molecule has 0 N–H and O–H groups in total. The van der Waals surface area contributed by atoms with Gasteiger partial charge >= 0.3 is 0 Å². The minimum absolute atomic E-state index is 0.0567. The third-order valence-corrected chi connectivity index (χ3v) is 4.39. The minimum Gasteiger partial charge on any atom is -0.294 e. The van der Waals surface area contributed by atoms with E-state index >= 15 is 0 Å². The molecular weight excluding hydrogens is 265 g/mol. The molecule has 2 fully saturated rings. The van der Waals surface area contributed by atoms with E-state index in [4.69, 9.17) is 0 Å². The molecule has 19 heavy (non-hydrogen) atoms. The first-order valence-corrected chi connectivity index (χ1v) is 7.13. The number of amides is 1. The number of benzene rings is 1. The van der Waals surface area contributed by atoms with Crippen LogP contribution in [0, 0.1) is 5.82 Å². The number of hydrogen-bond acceptors (Lipinski definition) is 3. The first kappa shape index (κ1) is 12.4. The van der Waals surface area contributed by atoms with E-state index in [1.807, 2.05) is 0 Å². The zero-order valence-corrected chi connectivity index (χ0v) is 11.0. The lowest BCUT2D eigenvalue weighted by Crippen LogP contribution is -2.25. The van der Waals surface area contributed by atoms with Crippen LogP contribution in [0.1, 0.15) is 19.3 Å². The normalized spacial score (nSPS) is 23.5. The van der Waals surface area contributed by atoms with Gasteiger partial charge in [0, 0.05) is 17.7 Å². The zero-order chi connectivity index (χ0) is 13.4. The molecule has 1 saturated carbocycles. The number of nitrogens with zero attached hydrogens (tertiary/aromatic N) is 1. The number of anilines is 1. The molecule has 1 saturated heterocycles. The number of ketones is 1. The predicted molar refractivity (Wildman–Crippen MR) is 72.2 cm³/mol. The van der Waals surface area contributed by atoms with Crippen molar-refractivity contribution in [2.45, 2.75) is 19.3 Å². The molecule has 0 bridgehead atoms. The van der Waals surface area contributed by atoms with Crippen LogP contribution in [0.4, 0.5) is 10.1 Å². The van der Waals surface area contributed by atoms with Crippen molar-refractivity contribution in [1.29, 1.82) is 0 Å². The van der Waals surface area contributed by atoms with E-state index in [1.165, 1.54) is 23.9 Å². The molecule has 0 unspecified atom stereocenters. The summed E-state index contributed by atoms with van der Waals surface area (Å²) in [5.41, 5.74) is 1.37. The number of rotatable bonds is 1. The zero-order valence-electron chi connectivity index (χ0n) is 10.2. The van der Waals surface area contributed by atoms with Gasteiger partial charge in [0.15, 0.2) is 5.78 Å². The highest BCUT2D eigenvalue weighted by atomic mass is 32.2. The van der Waals surface area contributed by atoms with E-state index in [1.54, 1.807) is 17.0 Å². The van der Waals surface area contributed by atoms with Crippen molar-refractivity contribution in [2.75, 3.05) is 10.7 Å². The Balaban J connectivity index is 2.04. The van der Waals surface area contributed by atoms with Gasteiger partial charge in [0.2, 0.25) is 5.91 Å². The number of halogens is 1. The highest BCUT2D eigenvalue weighted by molar-refractivity contribution is 8.04. The van der Waals surface area contributed by atoms with Crippen molar-refractivity contribution < 1.29 is 14.0 Å². The summed E-state index contributed by atoms with van der Waals surface area (Å²) in [4.78, 5) is 25.4. The number of carbonyl (C=O) groups excluding carboxylic acids is 2. The summed E-state index contributed by atoms with van der Waals surface area (Å²) in [6.07, 6.45) is 2.14. The van der Waals surface area contributed by atoms with Gasteiger partial charge in [0.25, 0.3) is 0 Å². The molecule has 1 aliphatic heterocycles. The molecule has 3 rings (SSSR count). The third kappa shape index (κ3) is 2.18. The van der Waals surface area contributed by atoms with Crippen molar-refractivity contribution in [3.63, 3.8) is 0 Å². The molecule has 98 valence electrons. The van der Waals surface area contributed by atoms with E-state index < -0.39 is 0 Å². The number of carbonyl (C=O) groups is 2. The fourth-order valence-corrected chi connectivity index (χ4v) is 3.50. The Hall–Kier alpha value is -1.62. The summed E-state index contributed by atoms with van der Waals surface area (Å²) in [5.74, 6) is 0.0704. The van der Waals surface area contributed by atoms with Crippen molar-refractivity contribution in [3.05, 3.63) is 40.7 Å². The Morgan fingerprint density at radius 2 is 1.84 bits per heavy atom. The number of allylic oxidation sites excluding steroid dienone is 1. The summed E-state index contributed by atoms with van der Waals surface area (Å²) in [6, 6.07) is 5.78. The number of Topliss-reactive ketones (excluding diaryl/α,β-unsaturated/α-hetero) is 1. The van der Waals surface area contributed by atoms with Gasteiger partial charge in [-0.1, -0.05) is 11.8 Å². The molecule has 1 aliphatic carbocycles. The summed E-state index contributed by atoms with van der Waals surface area (Å²) >= 11 is 1.40. The quantitative estimate of drug-likeness (QED) is 0.741. The van der Waals surface area contributed by atoms with Crippen molar-refractivity contribution >= 4 is 29.1 Å². The van der Waals surface area contributed by atoms with Crippen LogP contribution in [-0.4, -0.2) is 17.4 Å². The molecule has 3 nitrogen and oxygen atoms in total. The second-order valence-electron chi connectivity index (χ2n) is 4.55. The SMILES string of the molecule is O=C1CCCC1=C1SCC(=O)N1c1ccc(F)cc1. The van der Waals surface area contributed by atoms with Crippen LogP contribution in [0.2, 0.25) is 0 Å². The molecule has 2 aliphatic rings. The van der Waals surface area contributed by atoms with Crippen LogP contribution in [-0.2, 0) is 9.59 Å². The van der Waals surface area contributed by atoms with Gasteiger partial charge < -0.3 is 0 Å². The fraction of sp³-hybridized carbons (Fsp3) is 0.286. The summed E-state index contributed by atoms with van der Waals surface area (Å²) in [6.45, 7) is 0. The van der Waals surface area contributed by atoms with Gasteiger partial charge in [-0.25, -0.2) is 4.39 Å². The molecule has 1 aromatic rings. The van der Waals surface area contributed by atoms with Crippen LogP contribution >= 0.6 is 11.8 Å². The van der Waals surface area contributed by atoms with Crippen LogP contribution in [0.5, 0.6) is 0 Å². The standard InChI is InChI=1S/C14H12FNO2S/c15-9-4-6-10(7-5-9)16-13(18)8-19-14(16)11-2-1-3-12(11)17/h4-7H,1-3,8H2. The predicted octanol–water partition coefficient (Wildman–Crippen LogP) is 2.87. The van der Waals surface area contributed by atoms with Gasteiger partial charge in [0.1, 0.15) is 5.82 Å². The maximum Gasteiger partial charge on any atom is 0.242 e. The smallest absolute Gasteiger partial charge is 0.242 e. The third-order valence-electron chi connectivity index (χ3n) is 3.30. The Bertz CT molecular complexity index is 580. The van der Waals surface area contributed by atoms with Crippen LogP contribution in [0.3, 0.4) is 0 Å². The number of hydrogen-bond donors (Lipinski definition) is 0. The molecule has 1 heterocycles. The van der Waals surface area contributed by atoms with E-state index in [-0.39, 0.29) is 17.5 Å². The van der Waals surface area contributed by atoms with Crippen molar-refractivity contribution in [3.8, 4) is 0 Å². The Kier molecular flexibility index (Phi) is 3.14. The average Bonchev–Trinajstić information content (AvgIpc) is 2.97. The first-order chi connectivity index (χ1) is 9.16. The molecule has 0 spiro atoms. The molecule has 0 radical (unpaired) electrons. The Morgan fingerprint density at radius 3 is 2.47 bits per heavy atom. The van der Waals surface area contributed by atoms with E-state index in [9.17, 15) is 14.0 Å². The molecule has 0 atom stereocenters. The lowest BCUT2D eigenvalue weighted by atomic mass is 10.2. The highest BCUT2D eigenvalue weighted by Crippen LogP contribution is 2.39. The summed E-state index contributed by atoms with van der Waals surface area (Å²) in [7, 11) is 0. The second-order valence-corrected chi connectivity index (χ2v) is 5.52. The van der Waals surface area contributed by atoms with Gasteiger partial charge in [-0.05, 0) is 37.1 Å². The van der Waals surface area contributed by atoms with E-state index in [2.05, 4.69) is 0 Å². The maximum absolute atomic E-state index is 13.0. The maximum atomic E-state index is 13.0. The molecule has 5 heteroatoms. The summed E-state index contributed by atoms with van der Waals surface area (Å²) < 4.78 is 13.0. The van der Waals surface area contributed by atoms with Crippen LogP contribution < -0.4 is 4.90 Å². The molecular formula is C14H12FNO2S. The van der Waals surface area contributed by atoms with Gasteiger partial charge in [0.05, 0.1) is 10.8 Å². The van der Waals surface area contributed by atoms with E-state index in [0.717, 1.165) is 23.4 Å². The topological polar surface area (TPSA) is 37.4 Å². The molecule has 1 aromatic carbocycles. The van der Waals surface area contributed by atoms with Gasteiger partial charge in [-0.15, -0.1) is 0 Å². The minimum atomic E-state index is -0.339. The fourth-order valence-electron chi connectivity index (χ4n) is 2.39. The van der Waals surface area contributed by atoms with Crippen molar-refractivity contribution in [2.24, 2.45) is 0 Å². The Labute approximate surface area is 114 Å². The lowest BCUT2D eigenvalue weighted by Gasteiger charge is -2.18. The summed E-state index contributed by atoms with van der Waals surface area (Å²) in [5, 5.41) is 0.735.